The Bertz CT molecular complexity index is 469. The predicted octanol–water partition coefficient (Wildman–Crippen LogP) is 1.17. The maximum atomic E-state index is 5.13. The molecular formula is C11H15N5O. The molecule has 0 aliphatic carbocycles. The number of hydrogen-bond acceptors (Lipinski definition) is 5. The molecular weight excluding hydrogens is 218 g/mol. The molecule has 6 nitrogen and oxygen atoms in total. The van der Waals surface area contributed by atoms with E-state index in [0.29, 0.717) is 5.88 Å². The Kier molecular flexibility index (Phi) is 3.54. The van der Waals surface area contributed by atoms with Crippen molar-refractivity contribution in [3.8, 4) is 5.88 Å². The second-order valence-corrected chi connectivity index (χ2v) is 3.57. The number of aromatic amines is 1. The van der Waals surface area contributed by atoms with Gasteiger partial charge in [-0.25, -0.2) is 15.0 Å². The van der Waals surface area contributed by atoms with Gasteiger partial charge in [-0.3, -0.25) is 0 Å². The summed E-state index contributed by atoms with van der Waals surface area (Å²) in [7, 11) is 1.60. The SMILES string of the molecule is COc1ncnc(NCCc2ncc[nH]2)c1C. The molecule has 0 unspecified atom stereocenters. The number of ether oxygens (including phenoxy) is 1. The van der Waals surface area contributed by atoms with E-state index >= 15 is 0 Å². The molecule has 0 saturated heterocycles. The average molecular weight is 233 g/mol. The highest BCUT2D eigenvalue weighted by atomic mass is 16.5. The lowest BCUT2D eigenvalue weighted by Gasteiger charge is -2.09. The Hall–Kier alpha value is -2.11. The molecule has 0 saturated carbocycles. The van der Waals surface area contributed by atoms with Crippen molar-refractivity contribution < 1.29 is 4.74 Å². The molecule has 0 aliphatic heterocycles. The lowest BCUT2D eigenvalue weighted by molar-refractivity contribution is 0.393. The minimum Gasteiger partial charge on any atom is -0.481 e. The lowest BCUT2D eigenvalue weighted by atomic mass is 10.3. The molecule has 2 aromatic rings. The highest BCUT2D eigenvalue weighted by Gasteiger charge is 2.06. The molecule has 0 radical (unpaired) electrons. The smallest absolute Gasteiger partial charge is 0.221 e. The highest BCUT2D eigenvalue weighted by molar-refractivity contribution is 5.47. The van der Waals surface area contributed by atoms with Crippen LogP contribution in [-0.2, 0) is 6.42 Å². The first-order valence-electron chi connectivity index (χ1n) is 5.39. The third kappa shape index (κ3) is 2.72. The van der Waals surface area contributed by atoms with Crippen molar-refractivity contribution in [2.45, 2.75) is 13.3 Å². The van der Waals surface area contributed by atoms with Crippen molar-refractivity contribution in [3.05, 3.63) is 30.1 Å². The van der Waals surface area contributed by atoms with Crippen molar-refractivity contribution in [2.75, 3.05) is 19.0 Å². The second-order valence-electron chi connectivity index (χ2n) is 3.57. The van der Waals surface area contributed by atoms with E-state index in [2.05, 4.69) is 25.3 Å². The topological polar surface area (TPSA) is 75.7 Å². The minimum atomic E-state index is 0.598. The van der Waals surface area contributed by atoms with Gasteiger partial charge in [-0.05, 0) is 6.92 Å². The number of rotatable bonds is 5. The zero-order chi connectivity index (χ0) is 12.1. The van der Waals surface area contributed by atoms with Gasteiger partial charge in [0.2, 0.25) is 5.88 Å². The number of hydrogen-bond donors (Lipinski definition) is 2. The van der Waals surface area contributed by atoms with Crippen LogP contribution in [0.1, 0.15) is 11.4 Å². The van der Waals surface area contributed by atoms with Gasteiger partial charge in [-0.1, -0.05) is 0 Å². The Morgan fingerprint density at radius 3 is 2.94 bits per heavy atom. The van der Waals surface area contributed by atoms with Gasteiger partial charge >= 0.3 is 0 Å². The number of anilines is 1. The normalized spacial score (nSPS) is 10.2. The van der Waals surface area contributed by atoms with Crippen LogP contribution >= 0.6 is 0 Å². The van der Waals surface area contributed by atoms with E-state index in [1.807, 2.05) is 13.1 Å². The maximum Gasteiger partial charge on any atom is 0.221 e. The zero-order valence-electron chi connectivity index (χ0n) is 9.90. The monoisotopic (exact) mass is 233 g/mol. The van der Waals surface area contributed by atoms with Crippen molar-refractivity contribution >= 4 is 5.82 Å². The van der Waals surface area contributed by atoms with Crippen LogP contribution in [0.3, 0.4) is 0 Å². The quantitative estimate of drug-likeness (QED) is 0.810. The fourth-order valence-corrected chi connectivity index (χ4v) is 1.55. The zero-order valence-corrected chi connectivity index (χ0v) is 9.90. The maximum absolute atomic E-state index is 5.13. The van der Waals surface area contributed by atoms with E-state index < -0.39 is 0 Å². The molecule has 0 fully saturated rings. The standard InChI is InChI=1S/C11H15N5O/c1-8-10(15-7-16-11(8)17-2)14-4-3-9-12-5-6-13-9/h5-7H,3-4H2,1-2H3,(H,12,13)(H,14,15,16). The summed E-state index contributed by atoms with van der Waals surface area (Å²) < 4.78 is 5.13. The van der Waals surface area contributed by atoms with Crippen molar-refractivity contribution in [3.63, 3.8) is 0 Å². The number of imidazole rings is 1. The van der Waals surface area contributed by atoms with E-state index in [-0.39, 0.29) is 0 Å². The van der Waals surface area contributed by atoms with Crippen LogP contribution in [-0.4, -0.2) is 33.6 Å². The Morgan fingerprint density at radius 2 is 2.24 bits per heavy atom. The molecule has 6 heteroatoms. The summed E-state index contributed by atoms with van der Waals surface area (Å²) in [5, 5.41) is 3.23. The third-order valence-electron chi connectivity index (χ3n) is 2.44. The highest BCUT2D eigenvalue weighted by Crippen LogP contribution is 2.19. The average Bonchev–Trinajstić information content (AvgIpc) is 2.84. The van der Waals surface area contributed by atoms with Crippen molar-refractivity contribution in [2.24, 2.45) is 0 Å². The molecule has 17 heavy (non-hydrogen) atoms. The molecule has 0 amide bonds. The van der Waals surface area contributed by atoms with Crippen LogP contribution in [0.2, 0.25) is 0 Å². The summed E-state index contributed by atoms with van der Waals surface area (Å²) in [6.07, 6.45) is 5.86. The largest absolute Gasteiger partial charge is 0.481 e. The van der Waals surface area contributed by atoms with E-state index in [9.17, 15) is 0 Å². The first kappa shape index (κ1) is 11.4. The third-order valence-corrected chi connectivity index (χ3v) is 2.44. The number of aromatic nitrogens is 4. The molecule has 0 spiro atoms. The summed E-state index contributed by atoms with van der Waals surface area (Å²) >= 11 is 0. The molecule has 2 rings (SSSR count). The Morgan fingerprint density at radius 1 is 1.35 bits per heavy atom. The van der Waals surface area contributed by atoms with Crippen LogP contribution in [0.15, 0.2) is 18.7 Å². The van der Waals surface area contributed by atoms with Crippen molar-refractivity contribution in [1.29, 1.82) is 0 Å². The van der Waals surface area contributed by atoms with Gasteiger partial charge < -0.3 is 15.0 Å². The fourth-order valence-electron chi connectivity index (χ4n) is 1.55. The van der Waals surface area contributed by atoms with Gasteiger partial charge in [0.1, 0.15) is 18.0 Å². The van der Waals surface area contributed by atoms with Crippen LogP contribution in [0.5, 0.6) is 5.88 Å². The van der Waals surface area contributed by atoms with Crippen LogP contribution in [0, 0.1) is 6.92 Å². The summed E-state index contributed by atoms with van der Waals surface area (Å²) in [6.45, 7) is 2.68. The van der Waals surface area contributed by atoms with Crippen molar-refractivity contribution in [1.82, 2.24) is 19.9 Å². The molecule has 0 aliphatic rings. The Labute approximate surface area is 99.5 Å². The number of nitrogens with one attached hydrogen (secondary N) is 2. The fraction of sp³-hybridized carbons (Fsp3) is 0.364. The first-order chi connectivity index (χ1) is 8.31. The molecule has 0 atom stereocenters. The Balaban J connectivity index is 1.95. The van der Waals surface area contributed by atoms with Gasteiger partial charge in [-0.15, -0.1) is 0 Å². The number of H-pyrrole nitrogens is 1. The van der Waals surface area contributed by atoms with Gasteiger partial charge in [-0.2, -0.15) is 0 Å². The van der Waals surface area contributed by atoms with E-state index in [1.165, 1.54) is 6.33 Å². The van der Waals surface area contributed by atoms with Gasteiger partial charge in [0, 0.05) is 25.4 Å². The second kappa shape index (κ2) is 5.29. The van der Waals surface area contributed by atoms with Crippen LogP contribution in [0.25, 0.3) is 0 Å². The molecule has 2 heterocycles. The predicted molar refractivity (Wildman–Crippen MR) is 64.1 cm³/mol. The molecule has 90 valence electrons. The van der Waals surface area contributed by atoms with E-state index in [1.54, 1.807) is 13.3 Å². The molecule has 2 aromatic heterocycles. The molecule has 0 bridgehead atoms. The van der Waals surface area contributed by atoms with E-state index in [0.717, 1.165) is 30.2 Å². The number of nitrogens with zero attached hydrogens (tertiary/aromatic N) is 3. The summed E-state index contributed by atoms with van der Waals surface area (Å²) in [4.78, 5) is 15.4. The van der Waals surface area contributed by atoms with Gasteiger partial charge in [0.05, 0.1) is 12.7 Å². The molecule has 0 aromatic carbocycles. The first-order valence-corrected chi connectivity index (χ1v) is 5.39. The van der Waals surface area contributed by atoms with Crippen LogP contribution in [0.4, 0.5) is 5.82 Å². The number of methoxy groups -OCH3 is 1. The minimum absolute atomic E-state index is 0.598. The summed E-state index contributed by atoms with van der Waals surface area (Å²) in [5.74, 6) is 2.35. The van der Waals surface area contributed by atoms with Gasteiger partial charge in [0.15, 0.2) is 0 Å². The molecule has 2 N–H and O–H groups in total. The lowest BCUT2D eigenvalue weighted by Crippen LogP contribution is -2.09. The summed E-state index contributed by atoms with van der Waals surface area (Å²) in [5.41, 5.74) is 0.912. The van der Waals surface area contributed by atoms with E-state index in [4.69, 9.17) is 4.74 Å². The van der Waals surface area contributed by atoms with Crippen LogP contribution < -0.4 is 10.1 Å². The van der Waals surface area contributed by atoms with Gasteiger partial charge in [0.25, 0.3) is 0 Å². The summed E-state index contributed by atoms with van der Waals surface area (Å²) in [6, 6.07) is 0.